The number of alkyl halides is 3. The first-order valence-electron chi connectivity index (χ1n) is 12.0. The molecule has 1 unspecified atom stereocenters. The molecule has 192 valence electrons. The van der Waals surface area contributed by atoms with Crippen molar-refractivity contribution in [3.8, 4) is 5.75 Å². The maximum atomic E-state index is 13.7. The van der Waals surface area contributed by atoms with E-state index in [2.05, 4.69) is 4.90 Å². The third kappa shape index (κ3) is 7.85. The van der Waals surface area contributed by atoms with Gasteiger partial charge in [0, 0.05) is 25.0 Å². The van der Waals surface area contributed by atoms with Crippen molar-refractivity contribution in [3.05, 3.63) is 29.3 Å². The lowest BCUT2D eigenvalue weighted by Crippen LogP contribution is -2.39. The molecule has 0 bridgehead atoms. The lowest BCUT2D eigenvalue weighted by Gasteiger charge is -2.35. The lowest BCUT2D eigenvalue weighted by molar-refractivity contribution is -0.182. The van der Waals surface area contributed by atoms with Gasteiger partial charge in [-0.25, -0.2) is 4.79 Å². The van der Waals surface area contributed by atoms with E-state index in [1.165, 1.54) is 0 Å². The van der Waals surface area contributed by atoms with Gasteiger partial charge in [-0.1, -0.05) is 40.0 Å². The first-order valence-corrected chi connectivity index (χ1v) is 12.0. The molecule has 1 saturated heterocycles. The molecule has 0 spiro atoms. The molecular formula is C25H36F3NO5. The minimum Gasteiger partial charge on any atom is -0.464 e. The summed E-state index contributed by atoms with van der Waals surface area (Å²) in [6.45, 7) is 9.03. The van der Waals surface area contributed by atoms with Gasteiger partial charge in [-0.05, 0) is 31.0 Å². The summed E-state index contributed by atoms with van der Waals surface area (Å²) in [4.78, 5) is 14.7. The van der Waals surface area contributed by atoms with Gasteiger partial charge in [0.15, 0.2) is 0 Å². The number of carbonyl (C=O) groups excluding carboxylic acids is 1. The highest BCUT2D eigenvalue weighted by Gasteiger charge is 2.38. The molecule has 1 heterocycles. The van der Waals surface area contributed by atoms with E-state index in [4.69, 9.17) is 18.9 Å². The van der Waals surface area contributed by atoms with E-state index in [-0.39, 0.29) is 18.3 Å². The van der Waals surface area contributed by atoms with Gasteiger partial charge in [-0.3, -0.25) is 4.90 Å². The predicted octanol–water partition coefficient (Wildman–Crippen LogP) is 5.29. The number of rotatable bonds is 8. The van der Waals surface area contributed by atoms with Crippen LogP contribution in [0.1, 0.15) is 68.8 Å². The molecule has 1 aliphatic carbocycles. The SMILES string of the molecule is CC(C)(C)C(Oc1cc(C(=O)OCCN2CCOCC2)ccc1C(F)(F)F)OC1CCCCC1. The third-order valence-electron chi connectivity index (χ3n) is 6.08. The largest absolute Gasteiger partial charge is 0.464 e. The van der Waals surface area contributed by atoms with Crippen LogP contribution in [0.15, 0.2) is 18.2 Å². The quantitative estimate of drug-likeness (QED) is 0.367. The van der Waals surface area contributed by atoms with E-state index in [0.29, 0.717) is 19.8 Å². The molecule has 34 heavy (non-hydrogen) atoms. The topological polar surface area (TPSA) is 57.2 Å². The summed E-state index contributed by atoms with van der Waals surface area (Å²) < 4.78 is 63.8. The molecule has 1 aromatic carbocycles. The molecule has 2 fully saturated rings. The van der Waals surface area contributed by atoms with Crippen molar-refractivity contribution in [2.24, 2.45) is 5.41 Å². The molecule has 0 amide bonds. The van der Waals surface area contributed by atoms with Crippen LogP contribution in [0.2, 0.25) is 0 Å². The Balaban J connectivity index is 1.73. The summed E-state index contributed by atoms with van der Waals surface area (Å²) in [7, 11) is 0. The van der Waals surface area contributed by atoms with Crippen LogP contribution < -0.4 is 4.74 Å². The number of benzene rings is 1. The van der Waals surface area contributed by atoms with Crippen molar-refractivity contribution < 1.29 is 36.9 Å². The molecule has 9 heteroatoms. The van der Waals surface area contributed by atoms with Gasteiger partial charge >= 0.3 is 12.1 Å². The standard InChI is InChI=1S/C25H36F3NO5/c1-24(2,3)23(33-19-7-5-4-6-8-19)34-21-17-18(9-10-20(21)25(26,27)28)22(30)32-16-13-29-11-14-31-15-12-29/h9-10,17,19,23H,4-8,11-16H2,1-3H3. The van der Waals surface area contributed by atoms with Crippen molar-refractivity contribution in [1.29, 1.82) is 0 Å². The highest BCUT2D eigenvalue weighted by molar-refractivity contribution is 5.90. The number of morpholine rings is 1. The van der Waals surface area contributed by atoms with Gasteiger partial charge in [0.05, 0.1) is 30.4 Å². The fourth-order valence-electron chi connectivity index (χ4n) is 4.06. The summed E-state index contributed by atoms with van der Waals surface area (Å²) in [5, 5.41) is 0. The molecule has 1 saturated carbocycles. The molecule has 1 aromatic rings. The van der Waals surface area contributed by atoms with Gasteiger partial charge < -0.3 is 18.9 Å². The second-order valence-electron chi connectivity index (χ2n) is 10.0. The number of hydrogen-bond donors (Lipinski definition) is 0. The molecule has 1 atom stereocenters. The molecule has 1 aliphatic heterocycles. The first-order chi connectivity index (χ1) is 16.0. The van der Waals surface area contributed by atoms with E-state index in [1.807, 2.05) is 20.8 Å². The number of halogens is 3. The fraction of sp³-hybridized carbons (Fsp3) is 0.720. The predicted molar refractivity (Wildman–Crippen MR) is 121 cm³/mol. The number of nitrogens with zero attached hydrogens (tertiary/aromatic N) is 1. The van der Waals surface area contributed by atoms with Crippen LogP contribution in [0.5, 0.6) is 5.75 Å². The first kappa shape index (κ1) is 26.8. The summed E-state index contributed by atoms with van der Waals surface area (Å²) >= 11 is 0. The molecule has 3 rings (SSSR count). The molecule has 0 N–H and O–H groups in total. The monoisotopic (exact) mass is 487 g/mol. The van der Waals surface area contributed by atoms with E-state index in [0.717, 1.165) is 63.4 Å². The van der Waals surface area contributed by atoms with Crippen molar-refractivity contribution in [1.82, 2.24) is 4.90 Å². The zero-order chi connectivity index (χ0) is 24.8. The molecular weight excluding hydrogens is 451 g/mol. The van der Waals surface area contributed by atoms with Crippen molar-refractivity contribution >= 4 is 5.97 Å². The van der Waals surface area contributed by atoms with E-state index >= 15 is 0 Å². The lowest BCUT2D eigenvalue weighted by atomic mass is 9.94. The third-order valence-corrected chi connectivity index (χ3v) is 6.08. The summed E-state index contributed by atoms with van der Waals surface area (Å²) in [6, 6.07) is 3.11. The Morgan fingerprint density at radius 3 is 2.41 bits per heavy atom. The molecule has 6 nitrogen and oxygen atoms in total. The average Bonchev–Trinajstić information content (AvgIpc) is 2.78. The average molecular weight is 488 g/mol. The van der Waals surface area contributed by atoms with E-state index < -0.39 is 35.2 Å². The van der Waals surface area contributed by atoms with Crippen molar-refractivity contribution in [2.75, 3.05) is 39.5 Å². The van der Waals surface area contributed by atoms with Crippen LogP contribution in [0.4, 0.5) is 13.2 Å². The Hall–Kier alpha value is -1.84. The van der Waals surface area contributed by atoms with Crippen molar-refractivity contribution in [3.63, 3.8) is 0 Å². The second-order valence-corrected chi connectivity index (χ2v) is 10.0. The summed E-state index contributed by atoms with van der Waals surface area (Å²) in [5.41, 5.74) is -1.51. The van der Waals surface area contributed by atoms with Gasteiger partial charge in [-0.2, -0.15) is 13.2 Å². The zero-order valence-corrected chi connectivity index (χ0v) is 20.3. The highest BCUT2D eigenvalue weighted by atomic mass is 19.4. The molecule has 0 aromatic heterocycles. The van der Waals surface area contributed by atoms with Crippen LogP contribution in [0, 0.1) is 5.41 Å². The van der Waals surface area contributed by atoms with Gasteiger partial charge in [0.2, 0.25) is 6.29 Å². The number of hydrogen-bond acceptors (Lipinski definition) is 6. The Bertz CT molecular complexity index is 797. The zero-order valence-electron chi connectivity index (χ0n) is 20.3. The van der Waals surface area contributed by atoms with Gasteiger partial charge in [-0.15, -0.1) is 0 Å². The molecule has 2 aliphatic rings. The normalized spacial score (nSPS) is 19.6. The Morgan fingerprint density at radius 1 is 1.12 bits per heavy atom. The van der Waals surface area contributed by atoms with Crippen LogP contribution >= 0.6 is 0 Å². The number of esters is 1. The Kier molecular flexibility index (Phi) is 9.23. The number of carbonyl (C=O) groups is 1. The second kappa shape index (κ2) is 11.7. The minimum atomic E-state index is -4.64. The summed E-state index contributed by atoms with van der Waals surface area (Å²) in [5.74, 6) is -1.11. The van der Waals surface area contributed by atoms with Crippen LogP contribution in [0.25, 0.3) is 0 Å². The van der Waals surface area contributed by atoms with Gasteiger partial charge in [0.25, 0.3) is 0 Å². The van der Waals surface area contributed by atoms with Crippen LogP contribution in [-0.2, 0) is 20.4 Å². The highest BCUT2D eigenvalue weighted by Crippen LogP contribution is 2.39. The Labute approximate surface area is 199 Å². The van der Waals surface area contributed by atoms with Crippen molar-refractivity contribution in [2.45, 2.75) is 71.4 Å². The summed E-state index contributed by atoms with van der Waals surface area (Å²) in [6.07, 6.45) is -0.682. The smallest absolute Gasteiger partial charge is 0.419 e. The van der Waals surface area contributed by atoms with E-state index in [9.17, 15) is 18.0 Å². The van der Waals surface area contributed by atoms with Crippen LogP contribution in [-0.4, -0.2) is 62.7 Å². The maximum absolute atomic E-state index is 13.7. The minimum absolute atomic E-state index is 0.00954. The maximum Gasteiger partial charge on any atom is 0.419 e. The molecule has 0 radical (unpaired) electrons. The Morgan fingerprint density at radius 2 is 1.79 bits per heavy atom. The fourth-order valence-corrected chi connectivity index (χ4v) is 4.06. The van der Waals surface area contributed by atoms with Gasteiger partial charge in [0.1, 0.15) is 12.4 Å². The van der Waals surface area contributed by atoms with E-state index in [1.54, 1.807) is 0 Å². The van der Waals surface area contributed by atoms with Crippen LogP contribution in [0.3, 0.4) is 0 Å². The number of ether oxygens (including phenoxy) is 4.